The Kier molecular flexibility index (Phi) is 4.24. The first kappa shape index (κ1) is 16.4. The van der Waals surface area contributed by atoms with Gasteiger partial charge in [-0.25, -0.2) is 18.7 Å². The van der Waals surface area contributed by atoms with Crippen molar-refractivity contribution < 1.29 is 8.78 Å². The molecular formula is C18H18F2N6. The van der Waals surface area contributed by atoms with Gasteiger partial charge in [0.05, 0.1) is 6.04 Å². The standard InChI is InChI=1S/C18H18F2N6/c1-10(13-5-4-12(19)6-14(13)20)23-16-8-17(22-9-21-16)24-18-7-15(25-26-18)11-2-3-11/h4-11H,2-3H2,1H3,(H3,21,22,23,24,25,26)/t10-/m1/s1. The van der Waals surface area contributed by atoms with Crippen molar-refractivity contribution in [2.45, 2.75) is 31.7 Å². The summed E-state index contributed by atoms with van der Waals surface area (Å²) in [7, 11) is 0. The molecule has 1 aliphatic carbocycles. The van der Waals surface area contributed by atoms with Crippen LogP contribution in [0.1, 0.15) is 43.0 Å². The molecule has 0 spiro atoms. The Morgan fingerprint density at radius 2 is 1.88 bits per heavy atom. The maximum absolute atomic E-state index is 13.9. The second-order valence-electron chi connectivity index (χ2n) is 6.43. The Bertz CT molecular complexity index is 922. The number of anilines is 3. The number of nitrogens with zero attached hydrogens (tertiary/aromatic N) is 3. The number of nitrogens with one attached hydrogen (secondary N) is 3. The summed E-state index contributed by atoms with van der Waals surface area (Å²) in [6.45, 7) is 1.78. The number of hydrogen-bond acceptors (Lipinski definition) is 5. The normalized spacial score (nSPS) is 14.9. The molecule has 4 rings (SSSR count). The van der Waals surface area contributed by atoms with E-state index in [1.165, 1.54) is 31.3 Å². The minimum absolute atomic E-state index is 0.362. The van der Waals surface area contributed by atoms with Crippen molar-refractivity contribution in [2.75, 3.05) is 10.6 Å². The van der Waals surface area contributed by atoms with Crippen molar-refractivity contribution in [1.82, 2.24) is 20.2 Å². The summed E-state index contributed by atoms with van der Waals surface area (Å²) in [5, 5.41) is 13.5. The third-order valence-corrected chi connectivity index (χ3v) is 4.33. The summed E-state index contributed by atoms with van der Waals surface area (Å²) < 4.78 is 27.0. The van der Waals surface area contributed by atoms with E-state index in [9.17, 15) is 8.78 Å². The third kappa shape index (κ3) is 3.63. The smallest absolute Gasteiger partial charge is 0.153 e. The fourth-order valence-corrected chi connectivity index (χ4v) is 2.79. The lowest BCUT2D eigenvalue weighted by Crippen LogP contribution is -2.10. The number of hydrogen-bond donors (Lipinski definition) is 3. The Balaban J connectivity index is 1.46. The highest BCUT2D eigenvalue weighted by Crippen LogP contribution is 2.39. The van der Waals surface area contributed by atoms with Gasteiger partial charge in [0.1, 0.15) is 29.6 Å². The van der Waals surface area contributed by atoms with Gasteiger partial charge in [-0.3, -0.25) is 5.10 Å². The molecule has 26 heavy (non-hydrogen) atoms. The number of halogens is 2. The van der Waals surface area contributed by atoms with Crippen molar-refractivity contribution in [3.8, 4) is 0 Å². The summed E-state index contributed by atoms with van der Waals surface area (Å²) in [6.07, 6.45) is 3.80. The molecule has 0 saturated heterocycles. The van der Waals surface area contributed by atoms with Gasteiger partial charge in [-0.2, -0.15) is 5.10 Å². The Morgan fingerprint density at radius 3 is 2.65 bits per heavy atom. The Hall–Kier alpha value is -3.03. The van der Waals surface area contributed by atoms with Gasteiger partial charge in [0.2, 0.25) is 0 Å². The number of aromatic nitrogens is 4. The lowest BCUT2D eigenvalue weighted by atomic mass is 10.1. The molecule has 1 aliphatic rings. The number of benzene rings is 1. The van der Waals surface area contributed by atoms with Gasteiger partial charge in [0, 0.05) is 35.4 Å². The SMILES string of the molecule is C[C@@H](Nc1cc(Nc2cc(C3CC3)[nH]n2)ncn1)c1ccc(F)cc1F. The molecule has 2 heterocycles. The average Bonchev–Trinajstić information content (AvgIpc) is 3.35. The molecule has 0 aliphatic heterocycles. The molecule has 134 valence electrons. The average molecular weight is 356 g/mol. The van der Waals surface area contributed by atoms with Crippen molar-refractivity contribution in [1.29, 1.82) is 0 Å². The molecular weight excluding hydrogens is 338 g/mol. The first-order valence-electron chi connectivity index (χ1n) is 8.44. The molecule has 0 amide bonds. The highest BCUT2D eigenvalue weighted by molar-refractivity contribution is 5.56. The maximum atomic E-state index is 13.9. The predicted molar refractivity (Wildman–Crippen MR) is 94.3 cm³/mol. The summed E-state index contributed by atoms with van der Waals surface area (Å²) in [5.74, 6) is 1.18. The molecule has 0 unspecified atom stereocenters. The van der Waals surface area contributed by atoms with E-state index in [0.29, 0.717) is 28.9 Å². The predicted octanol–water partition coefficient (Wildman–Crippen LogP) is 4.27. The van der Waals surface area contributed by atoms with Gasteiger partial charge in [-0.1, -0.05) is 6.07 Å². The van der Waals surface area contributed by atoms with Crippen LogP contribution < -0.4 is 10.6 Å². The fourth-order valence-electron chi connectivity index (χ4n) is 2.79. The van der Waals surface area contributed by atoms with E-state index >= 15 is 0 Å². The van der Waals surface area contributed by atoms with Crippen LogP contribution in [-0.4, -0.2) is 20.2 Å². The van der Waals surface area contributed by atoms with E-state index < -0.39 is 11.6 Å². The molecule has 2 aromatic heterocycles. The van der Waals surface area contributed by atoms with Crippen LogP contribution in [0.2, 0.25) is 0 Å². The lowest BCUT2D eigenvalue weighted by Gasteiger charge is -2.16. The largest absolute Gasteiger partial charge is 0.363 e. The fraction of sp³-hybridized carbons (Fsp3) is 0.278. The van der Waals surface area contributed by atoms with Crippen molar-refractivity contribution in [3.63, 3.8) is 0 Å². The molecule has 0 radical (unpaired) electrons. The van der Waals surface area contributed by atoms with Gasteiger partial charge >= 0.3 is 0 Å². The van der Waals surface area contributed by atoms with Crippen LogP contribution in [-0.2, 0) is 0 Å². The molecule has 1 fully saturated rings. The second-order valence-corrected chi connectivity index (χ2v) is 6.43. The van der Waals surface area contributed by atoms with Crippen LogP contribution in [0.15, 0.2) is 36.7 Å². The molecule has 3 N–H and O–H groups in total. The first-order chi connectivity index (χ1) is 12.6. The zero-order valence-electron chi connectivity index (χ0n) is 14.1. The van der Waals surface area contributed by atoms with Gasteiger partial charge in [0.15, 0.2) is 5.82 Å². The molecule has 1 aromatic carbocycles. The molecule has 3 aromatic rings. The van der Waals surface area contributed by atoms with Crippen LogP contribution in [0, 0.1) is 11.6 Å². The van der Waals surface area contributed by atoms with Gasteiger partial charge in [-0.05, 0) is 25.8 Å². The molecule has 1 atom stereocenters. The van der Waals surface area contributed by atoms with E-state index in [0.717, 1.165) is 11.8 Å². The maximum Gasteiger partial charge on any atom is 0.153 e. The molecule has 8 heteroatoms. The number of H-pyrrole nitrogens is 1. The summed E-state index contributed by atoms with van der Waals surface area (Å²) in [4.78, 5) is 8.32. The summed E-state index contributed by atoms with van der Waals surface area (Å²) in [6, 6.07) is 6.83. The van der Waals surface area contributed by atoms with Crippen LogP contribution in [0.4, 0.5) is 26.2 Å². The lowest BCUT2D eigenvalue weighted by molar-refractivity contribution is 0.566. The zero-order valence-corrected chi connectivity index (χ0v) is 14.1. The Labute approximate surface area is 149 Å². The van der Waals surface area contributed by atoms with Crippen molar-refractivity contribution in [3.05, 3.63) is 59.6 Å². The highest BCUT2D eigenvalue weighted by Gasteiger charge is 2.25. The van der Waals surface area contributed by atoms with Gasteiger partial charge in [0.25, 0.3) is 0 Å². The van der Waals surface area contributed by atoms with Crippen LogP contribution in [0.5, 0.6) is 0 Å². The van der Waals surface area contributed by atoms with Crippen LogP contribution in [0.3, 0.4) is 0 Å². The topological polar surface area (TPSA) is 78.5 Å². The van der Waals surface area contributed by atoms with E-state index in [2.05, 4.69) is 30.8 Å². The number of aromatic amines is 1. The molecule has 0 bridgehead atoms. The van der Waals surface area contributed by atoms with Crippen LogP contribution >= 0.6 is 0 Å². The number of rotatable bonds is 6. The third-order valence-electron chi connectivity index (χ3n) is 4.33. The summed E-state index contributed by atoms with van der Waals surface area (Å²) in [5.41, 5.74) is 1.49. The zero-order chi connectivity index (χ0) is 18.1. The highest BCUT2D eigenvalue weighted by atomic mass is 19.1. The van der Waals surface area contributed by atoms with E-state index in [1.807, 2.05) is 6.07 Å². The minimum atomic E-state index is -0.600. The minimum Gasteiger partial charge on any atom is -0.363 e. The summed E-state index contributed by atoms with van der Waals surface area (Å²) >= 11 is 0. The Morgan fingerprint density at radius 1 is 1.08 bits per heavy atom. The molecule has 6 nitrogen and oxygen atoms in total. The first-order valence-corrected chi connectivity index (χ1v) is 8.44. The van der Waals surface area contributed by atoms with E-state index in [4.69, 9.17) is 0 Å². The van der Waals surface area contributed by atoms with Crippen molar-refractivity contribution >= 4 is 17.5 Å². The second kappa shape index (κ2) is 6.70. The van der Waals surface area contributed by atoms with Crippen molar-refractivity contribution in [2.24, 2.45) is 0 Å². The molecule has 1 saturated carbocycles. The van der Waals surface area contributed by atoms with Crippen LogP contribution in [0.25, 0.3) is 0 Å². The quantitative estimate of drug-likeness (QED) is 0.615. The van der Waals surface area contributed by atoms with Gasteiger partial charge < -0.3 is 10.6 Å². The van der Waals surface area contributed by atoms with E-state index in [-0.39, 0.29) is 6.04 Å². The monoisotopic (exact) mass is 356 g/mol. The van der Waals surface area contributed by atoms with E-state index in [1.54, 1.807) is 13.0 Å². The van der Waals surface area contributed by atoms with Gasteiger partial charge in [-0.15, -0.1) is 0 Å².